The average molecular weight is 261 g/mol. The molecule has 1 saturated carbocycles. The quantitative estimate of drug-likeness (QED) is 0.845. The van der Waals surface area contributed by atoms with Gasteiger partial charge in [-0.3, -0.25) is 0 Å². The highest BCUT2D eigenvalue weighted by Crippen LogP contribution is 2.36. The summed E-state index contributed by atoms with van der Waals surface area (Å²) in [5.41, 5.74) is 1.50. The molecule has 1 aliphatic rings. The standard InChI is InChI=1S/C16H27N3/c1-16(2,3)13-6-4-7-14(10-9-13)17-12-15-8-5-11-18-19-15/h5,8,11,13-14,17H,4,6-7,9-10,12H2,1-3H3. The molecule has 2 rings (SSSR count). The third-order valence-corrected chi connectivity index (χ3v) is 4.39. The van der Waals surface area contributed by atoms with E-state index in [9.17, 15) is 0 Å². The molecule has 3 heteroatoms. The molecule has 1 aliphatic carbocycles. The lowest BCUT2D eigenvalue weighted by atomic mass is 9.76. The second-order valence-corrected chi connectivity index (χ2v) is 6.86. The number of hydrogen-bond acceptors (Lipinski definition) is 3. The van der Waals surface area contributed by atoms with E-state index in [0.717, 1.165) is 18.2 Å². The summed E-state index contributed by atoms with van der Waals surface area (Å²) in [7, 11) is 0. The topological polar surface area (TPSA) is 37.8 Å². The second kappa shape index (κ2) is 6.47. The van der Waals surface area contributed by atoms with E-state index in [1.165, 1.54) is 32.1 Å². The van der Waals surface area contributed by atoms with E-state index in [1.54, 1.807) is 6.20 Å². The lowest BCUT2D eigenvalue weighted by molar-refractivity contribution is 0.213. The van der Waals surface area contributed by atoms with Gasteiger partial charge >= 0.3 is 0 Å². The fourth-order valence-electron chi connectivity index (χ4n) is 3.05. The first-order valence-electron chi connectivity index (χ1n) is 7.55. The molecular weight excluding hydrogens is 234 g/mol. The van der Waals surface area contributed by atoms with Crippen molar-refractivity contribution in [1.29, 1.82) is 0 Å². The van der Waals surface area contributed by atoms with Crippen LogP contribution in [0.4, 0.5) is 0 Å². The summed E-state index contributed by atoms with van der Waals surface area (Å²) in [5, 5.41) is 11.7. The minimum atomic E-state index is 0.458. The molecule has 0 saturated heterocycles. The predicted molar refractivity (Wildman–Crippen MR) is 78.7 cm³/mol. The smallest absolute Gasteiger partial charge is 0.0769 e. The van der Waals surface area contributed by atoms with Gasteiger partial charge in [0, 0.05) is 18.8 Å². The first-order chi connectivity index (χ1) is 9.05. The van der Waals surface area contributed by atoms with E-state index < -0.39 is 0 Å². The maximum Gasteiger partial charge on any atom is 0.0769 e. The zero-order valence-electron chi connectivity index (χ0n) is 12.5. The van der Waals surface area contributed by atoms with Gasteiger partial charge in [-0.25, -0.2) is 0 Å². The molecule has 1 fully saturated rings. The first kappa shape index (κ1) is 14.4. The monoisotopic (exact) mass is 261 g/mol. The summed E-state index contributed by atoms with van der Waals surface area (Å²) in [6.07, 6.45) is 8.40. The van der Waals surface area contributed by atoms with E-state index in [-0.39, 0.29) is 0 Å². The van der Waals surface area contributed by atoms with Crippen molar-refractivity contribution in [1.82, 2.24) is 15.5 Å². The molecule has 2 atom stereocenters. The third-order valence-electron chi connectivity index (χ3n) is 4.39. The zero-order valence-corrected chi connectivity index (χ0v) is 12.5. The lowest BCUT2D eigenvalue weighted by Crippen LogP contribution is -2.28. The van der Waals surface area contributed by atoms with Gasteiger partial charge in [0.15, 0.2) is 0 Å². The minimum absolute atomic E-state index is 0.458. The summed E-state index contributed by atoms with van der Waals surface area (Å²) < 4.78 is 0. The van der Waals surface area contributed by atoms with Crippen LogP contribution in [0.2, 0.25) is 0 Å². The Kier molecular flexibility index (Phi) is 4.92. The molecule has 1 heterocycles. The summed E-state index contributed by atoms with van der Waals surface area (Å²) in [4.78, 5) is 0. The maximum absolute atomic E-state index is 4.13. The Balaban J connectivity index is 1.80. The number of aromatic nitrogens is 2. The molecular formula is C16H27N3. The fourth-order valence-corrected chi connectivity index (χ4v) is 3.05. The molecule has 0 amide bonds. The van der Waals surface area contributed by atoms with Crippen LogP contribution in [-0.2, 0) is 6.54 Å². The first-order valence-corrected chi connectivity index (χ1v) is 7.55. The van der Waals surface area contributed by atoms with E-state index in [2.05, 4.69) is 36.3 Å². The van der Waals surface area contributed by atoms with E-state index in [4.69, 9.17) is 0 Å². The molecule has 1 aromatic rings. The molecule has 0 aromatic carbocycles. The van der Waals surface area contributed by atoms with Crippen LogP contribution >= 0.6 is 0 Å². The molecule has 3 nitrogen and oxygen atoms in total. The Hall–Kier alpha value is -0.960. The van der Waals surface area contributed by atoms with Crippen LogP contribution in [0.25, 0.3) is 0 Å². The molecule has 0 bridgehead atoms. The summed E-state index contributed by atoms with van der Waals surface area (Å²) in [6.45, 7) is 7.99. The fraction of sp³-hybridized carbons (Fsp3) is 0.750. The number of hydrogen-bond donors (Lipinski definition) is 1. The number of rotatable bonds is 3. The number of nitrogens with zero attached hydrogens (tertiary/aromatic N) is 2. The Morgan fingerprint density at radius 3 is 2.74 bits per heavy atom. The van der Waals surface area contributed by atoms with Gasteiger partial charge < -0.3 is 5.32 Å². The van der Waals surface area contributed by atoms with Crippen LogP contribution in [-0.4, -0.2) is 16.2 Å². The highest BCUT2D eigenvalue weighted by molar-refractivity contribution is 4.98. The van der Waals surface area contributed by atoms with Crippen LogP contribution in [0.3, 0.4) is 0 Å². The van der Waals surface area contributed by atoms with Crippen molar-refractivity contribution >= 4 is 0 Å². The average Bonchev–Trinajstić information content (AvgIpc) is 2.62. The van der Waals surface area contributed by atoms with Crippen LogP contribution in [0, 0.1) is 11.3 Å². The molecule has 0 radical (unpaired) electrons. The molecule has 106 valence electrons. The largest absolute Gasteiger partial charge is 0.308 e. The third kappa shape index (κ3) is 4.57. The minimum Gasteiger partial charge on any atom is -0.308 e. The molecule has 2 unspecified atom stereocenters. The van der Waals surface area contributed by atoms with Gasteiger partial charge in [-0.1, -0.05) is 27.2 Å². The Bertz CT molecular complexity index is 369. The van der Waals surface area contributed by atoms with Crippen molar-refractivity contribution in [2.75, 3.05) is 0 Å². The Morgan fingerprint density at radius 2 is 2.05 bits per heavy atom. The Morgan fingerprint density at radius 1 is 1.21 bits per heavy atom. The van der Waals surface area contributed by atoms with Crippen molar-refractivity contribution in [3.63, 3.8) is 0 Å². The predicted octanol–water partition coefficient (Wildman–Crippen LogP) is 3.56. The highest BCUT2D eigenvalue weighted by atomic mass is 15.1. The lowest BCUT2D eigenvalue weighted by Gasteiger charge is -2.29. The van der Waals surface area contributed by atoms with Gasteiger partial charge in [0.2, 0.25) is 0 Å². The van der Waals surface area contributed by atoms with Gasteiger partial charge in [0.1, 0.15) is 0 Å². The zero-order chi connectivity index (χ0) is 13.7. The summed E-state index contributed by atoms with van der Waals surface area (Å²) in [5.74, 6) is 0.871. The Labute approximate surface area is 117 Å². The van der Waals surface area contributed by atoms with Crippen LogP contribution in [0.1, 0.15) is 58.6 Å². The van der Waals surface area contributed by atoms with Crippen LogP contribution in [0.15, 0.2) is 18.3 Å². The molecule has 1 aromatic heterocycles. The van der Waals surface area contributed by atoms with Gasteiger partial charge in [0.05, 0.1) is 5.69 Å². The second-order valence-electron chi connectivity index (χ2n) is 6.86. The van der Waals surface area contributed by atoms with E-state index in [0.29, 0.717) is 11.5 Å². The summed E-state index contributed by atoms with van der Waals surface area (Å²) in [6, 6.07) is 4.64. The van der Waals surface area contributed by atoms with E-state index >= 15 is 0 Å². The van der Waals surface area contributed by atoms with Crippen molar-refractivity contribution in [2.24, 2.45) is 11.3 Å². The van der Waals surface area contributed by atoms with Gasteiger partial charge in [-0.2, -0.15) is 10.2 Å². The van der Waals surface area contributed by atoms with Crippen molar-refractivity contribution < 1.29 is 0 Å². The maximum atomic E-state index is 4.13. The van der Waals surface area contributed by atoms with Crippen LogP contribution in [0.5, 0.6) is 0 Å². The van der Waals surface area contributed by atoms with Crippen molar-refractivity contribution in [2.45, 2.75) is 65.5 Å². The SMILES string of the molecule is CC(C)(C)C1CCCC(NCc2cccnn2)CC1. The van der Waals surface area contributed by atoms with Gasteiger partial charge in [0.25, 0.3) is 0 Å². The molecule has 0 spiro atoms. The summed E-state index contributed by atoms with van der Waals surface area (Å²) >= 11 is 0. The van der Waals surface area contributed by atoms with Gasteiger partial charge in [-0.05, 0) is 49.1 Å². The van der Waals surface area contributed by atoms with Gasteiger partial charge in [-0.15, -0.1) is 0 Å². The molecule has 1 N–H and O–H groups in total. The van der Waals surface area contributed by atoms with Crippen molar-refractivity contribution in [3.05, 3.63) is 24.0 Å². The molecule has 19 heavy (non-hydrogen) atoms. The van der Waals surface area contributed by atoms with Crippen LogP contribution < -0.4 is 5.32 Å². The molecule has 0 aliphatic heterocycles. The normalized spacial score (nSPS) is 25.0. The van der Waals surface area contributed by atoms with E-state index in [1.807, 2.05) is 12.1 Å². The number of nitrogens with one attached hydrogen (secondary N) is 1. The van der Waals surface area contributed by atoms with Crippen molar-refractivity contribution in [3.8, 4) is 0 Å². The highest BCUT2D eigenvalue weighted by Gasteiger charge is 2.27.